The molecule has 0 bridgehead atoms. The maximum absolute atomic E-state index is 14.0. The third-order valence-corrected chi connectivity index (χ3v) is 5.70. The van der Waals surface area contributed by atoms with Crippen LogP contribution in [0.3, 0.4) is 0 Å². The minimum absolute atomic E-state index is 0.111. The smallest absolute Gasteiger partial charge is 0.236 e. The van der Waals surface area contributed by atoms with Gasteiger partial charge in [0.2, 0.25) is 5.91 Å². The van der Waals surface area contributed by atoms with E-state index in [0.717, 1.165) is 48.2 Å². The number of likely N-dealkylation sites (N-methyl/N-ethyl adjacent to an activating group) is 1. The summed E-state index contributed by atoms with van der Waals surface area (Å²) in [5.41, 5.74) is 4.53. The molecule has 31 heavy (non-hydrogen) atoms. The number of aromatic amines is 1. The van der Waals surface area contributed by atoms with Gasteiger partial charge in [-0.15, -0.1) is 0 Å². The van der Waals surface area contributed by atoms with E-state index in [4.69, 9.17) is 4.74 Å². The van der Waals surface area contributed by atoms with Crippen LogP contribution in [0.25, 0.3) is 27.7 Å². The summed E-state index contributed by atoms with van der Waals surface area (Å²) in [5, 5.41) is 0.922. The normalized spacial score (nSPS) is 14.9. The number of H-pyrrole nitrogens is 1. The number of aromatic nitrogens is 2. The molecule has 7 heteroatoms. The maximum Gasteiger partial charge on any atom is 0.236 e. The summed E-state index contributed by atoms with van der Waals surface area (Å²) in [5.74, 6) is 0.419. The molecule has 162 valence electrons. The number of nitrogens with zero attached hydrogens (tertiary/aromatic N) is 3. The number of carbonyl (C=O) groups excluding carboxylic acids is 1. The highest BCUT2D eigenvalue weighted by Crippen LogP contribution is 2.36. The van der Waals surface area contributed by atoms with E-state index in [1.807, 2.05) is 6.07 Å². The van der Waals surface area contributed by atoms with Crippen molar-refractivity contribution in [2.45, 2.75) is 12.8 Å². The van der Waals surface area contributed by atoms with Crippen molar-refractivity contribution in [2.24, 2.45) is 0 Å². The fourth-order valence-electron chi connectivity index (χ4n) is 3.97. The van der Waals surface area contributed by atoms with E-state index >= 15 is 0 Å². The van der Waals surface area contributed by atoms with Gasteiger partial charge in [-0.1, -0.05) is 6.08 Å². The van der Waals surface area contributed by atoms with Crippen molar-refractivity contribution < 1.29 is 13.9 Å². The first-order chi connectivity index (χ1) is 15.0. The van der Waals surface area contributed by atoms with E-state index in [9.17, 15) is 9.18 Å². The van der Waals surface area contributed by atoms with Crippen LogP contribution >= 0.6 is 0 Å². The molecule has 0 saturated heterocycles. The second-order valence-electron chi connectivity index (χ2n) is 8.00. The highest BCUT2D eigenvalue weighted by molar-refractivity contribution is 5.96. The summed E-state index contributed by atoms with van der Waals surface area (Å²) in [6.45, 7) is 2.03. The molecular weight excluding hydrogens is 395 g/mol. The number of nitrogens with one attached hydrogen (secondary N) is 1. The van der Waals surface area contributed by atoms with Crippen molar-refractivity contribution in [2.75, 3.05) is 40.8 Å². The first kappa shape index (κ1) is 21.1. The van der Waals surface area contributed by atoms with Crippen molar-refractivity contribution in [1.29, 1.82) is 0 Å². The van der Waals surface area contributed by atoms with Crippen LogP contribution in [0.15, 0.2) is 42.6 Å². The van der Waals surface area contributed by atoms with Crippen molar-refractivity contribution in [3.63, 3.8) is 0 Å². The molecule has 0 unspecified atom stereocenters. The van der Waals surface area contributed by atoms with Crippen LogP contribution in [0, 0.1) is 5.82 Å². The Labute approximate surface area is 181 Å². The van der Waals surface area contributed by atoms with Gasteiger partial charge in [-0.2, -0.15) is 0 Å². The molecule has 1 N–H and O–H groups in total. The van der Waals surface area contributed by atoms with E-state index in [0.29, 0.717) is 17.9 Å². The fraction of sp³-hybridized carbons (Fsp3) is 0.333. The number of allylic oxidation sites excluding steroid dienone is 1. The molecule has 0 spiro atoms. The predicted molar refractivity (Wildman–Crippen MR) is 120 cm³/mol. The number of hydrogen-bond donors (Lipinski definition) is 1. The number of rotatable bonds is 5. The topological polar surface area (TPSA) is 61.5 Å². The van der Waals surface area contributed by atoms with Gasteiger partial charge in [0.15, 0.2) is 0 Å². The van der Waals surface area contributed by atoms with Gasteiger partial charge in [0.25, 0.3) is 0 Å². The van der Waals surface area contributed by atoms with Gasteiger partial charge in [-0.3, -0.25) is 9.69 Å². The number of halogens is 1. The van der Waals surface area contributed by atoms with Gasteiger partial charge in [0.05, 0.1) is 13.7 Å². The zero-order valence-electron chi connectivity index (χ0n) is 18.1. The molecule has 2 aromatic heterocycles. The van der Waals surface area contributed by atoms with Crippen LogP contribution in [-0.4, -0.2) is 66.5 Å². The van der Waals surface area contributed by atoms with Gasteiger partial charge in [-0.05, 0) is 60.9 Å². The average Bonchev–Trinajstić information content (AvgIpc) is 3.06. The Morgan fingerprint density at radius 2 is 2.10 bits per heavy atom. The van der Waals surface area contributed by atoms with E-state index in [-0.39, 0.29) is 11.7 Å². The van der Waals surface area contributed by atoms with Crippen molar-refractivity contribution in [3.8, 4) is 16.9 Å². The second kappa shape index (κ2) is 8.89. The van der Waals surface area contributed by atoms with Crippen molar-refractivity contribution >= 4 is 22.5 Å². The van der Waals surface area contributed by atoms with Crippen molar-refractivity contribution in [1.82, 2.24) is 19.8 Å². The number of benzene rings is 1. The molecule has 1 amide bonds. The zero-order valence-corrected chi connectivity index (χ0v) is 18.1. The summed E-state index contributed by atoms with van der Waals surface area (Å²) < 4.78 is 19.4. The first-order valence-electron chi connectivity index (χ1n) is 10.4. The highest BCUT2D eigenvalue weighted by atomic mass is 19.1. The monoisotopic (exact) mass is 422 g/mol. The Kier molecular flexibility index (Phi) is 6.04. The minimum Gasteiger partial charge on any atom is -0.496 e. The van der Waals surface area contributed by atoms with Crippen LogP contribution < -0.4 is 4.74 Å². The van der Waals surface area contributed by atoms with Crippen molar-refractivity contribution in [3.05, 3.63) is 54.1 Å². The Hall–Kier alpha value is -3.19. The van der Waals surface area contributed by atoms with E-state index in [2.05, 4.69) is 27.0 Å². The molecule has 0 saturated carbocycles. The standard InChI is InChI=1S/C24H27FN4O2/c1-28(2)23(30)15-29-11-4-5-16(9-12-29)21-14-20-18(8-10-26-24(20)27-21)19-13-17(25)6-7-22(19)31-3/h6-10,13-14H,4-5,11-12,15H2,1-3H3,(H,26,27). The van der Waals surface area contributed by atoms with Crippen LogP contribution in [0.4, 0.5) is 4.39 Å². The zero-order chi connectivity index (χ0) is 22.0. The summed E-state index contributed by atoms with van der Waals surface area (Å²) >= 11 is 0. The lowest BCUT2D eigenvalue weighted by Crippen LogP contribution is -2.36. The Bertz CT molecular complexity index is 1140. The molecule has 3 aromatic rings. The third-order valence-electron chi connectivity index (χ3n) is 5.70. The Balaban J connectivity index is 1.66. The molecule has 1 aromatic carbocycles. The largest absolute Gasteiger partial charge is 0.496 e. The number of methoxy groups -OCH3 is 1. The molecule has 0 aliphatic carbocycles. The maximum atomic E-state index is 14.0. The second-order valence-corrected chi connectivity index (χ2v) is 8.00. The van der Waals surface area contributed by atoms with E-state index < -0.39 is 0 Å². The average molecular weight is 423 g/mol. The van der Waals surface area contributed by atoms with Crippen LogP contribution in [0.2, 0.25) is 0 Å². The minimum atomic E-state index is -0.310. The molecule has 1 aliphatic heterocycles. The van der Waals surface area contributed by atoms with E-state index in [1.165, 1.54) is 17.7 Å². The number of fused-ring (bicyclic) bond motifs is 1. The van der Waals surface area contributed by atoms with Crippen LogP contribution in [-0.2, 0) is 4.79 Å². The quantitative estimate of drug-likeness (QED) is 0.677. The fourth-order valence-corrected chi connectivity index (χ4v) is 3.97. The first-order valence-corrected chi connectivity index (χ1v) is 10.4. The molecule has 0 atom stereocenters. The summed E-state index contributed by atoms with van der Waals surface area (Å²) in [4.78, 5) is 23.7. The molecular formula is C24H27FN4O2. The number of hydrogen-bond acceptors (Lipinski definition) is 4. The van der Waals surface area contributed by atoms with E-state index in [1.54, 1.807) is 38.4 Å². The lowest BCUT2D eigenvalue weighted by Gasteiger charge is -2.20. The Morgan fingerprint density at radius 1 is 1.26 bits per heavy atom. The summed E-state index contributed by atoms with van der Waals surface area (Å²) in [6.07, 6.45) is 5.79. The number of pyridine rings is 1. The molecule has 0 radical (unpaired) electrons. The summed E-state index contributed by atoms with van der Waals surface area (Å²) in [6, 6.07) is 8.49. The number of carbonyl (C=O) groups is 1. The molecule has 6 nitrogen and oxygen atoms in total. The molecule has 4 rings (SSSR count). The van der Waals surface area contributed by atoms with Gasteiger partial charge < -0.3 is 14.6 Å². The van der Waals surface area contributed by atoms with Gasteiger partial charge in [0, 0.05) is 43.5 Å². The SMILES string of the molecule is COc1ccc(F)cc1-c1ccnc2[nH]c(C3=CCN(CC(=O)N(C)C)CCC3)cc12. The van der Waals surface area contributed by atoms with Gasteiger partial charge in [-0.25, -0.2) is 9.37 Å². The Morgan fingerprint density at radius 3 is 2.87 bits per heavy atom. The third kappa shape index (κ3) is 4.46. The van der Waals surface area contributed by atoms with Gasteiger partial charge in [0.1, 0.15) is 17.2 Å². The highest BCUT2D eigenvalue weighted by Gasteiger charge is 2.18. The lowest BCUT2D eigenvalue weighted by molar-refractivity contribution is -0.129. The molecule has 1 aliphatic rings. The van der Waals surface area contributed by atoms with Crippen LogP contribution in [0.5, 0.6) is 5.75 Å². The number of amides is 1. The van der Waals surface area contributed by atoms with Gasteiger partial charge >= 0.3 is 0 Å². The van der Waals surface area contributed by atoms with Crippen LogP contribution in [0.1, 0.15) is 18.5 Å². The molecule has 0 fully saturated rings. The molecule has 3 heterocycles. The lowest BCUT2D eigenvalue weighted by atomic mass is 10.0. The predicted octanol–water partition coefficient (Wildman–Crippen LogP) is 3.95. The number of ether oxygens (including phenoxy) is 1. The summed E-state index contributed by atoms with van der Waals surface area (Å²) in [7, 11) is 5.15.